The van der Waals surface area contributed by atoms with E-state index in [1.165, 1.54) is 21.0 Å². The maximum absolute atomic E-state index is 12.5. The number of nitrogens with one attached hydrogen (secondary N) is 1. The fourth-order valence-electron chi connectivity index (χ4n) is 1.89. The van der Waals surface area contributed by atoms with Gasteiger partial charge in [-0.1, -0.05) is 0 Å². The first kappa shape index (κ1) is 17.6. The normalized spacial score (nSPS) is 12.2. The number of rotatable bonds is 6. The monoisotopic (exact) mass is 334 g/mol. The average Bonchev–Trinajstić information content (AvgIpc) is 2.67. The van der Waals surface area contributed by atoms with Gasteiger partial charge >= 0.3 is 5.97 Å². The van der Waals surface area contributed by atoms with Gasteiger partial charge in [-0.2, -0.15) is 0 Å². The summed E-state index contributed by atoms with van der Waals surface area (Å²) in [6.07, 6.45) is -0.164. The molecule has 0 aromatic carbocycles. The summed E-state index contributed by atoms with van der Waals surface area (Å²) in [5, 5.41) is 1.56. The second kappa shape index (κ2) is 6.12. The van der Waals surface area contributed by atoms with Crippen LogP contribution in [0.1, 0.15) is 35.5 Å². The first-order valence-corrected chi connectivity index (χ1v) is 8.35. The Balaban J connectivity index is 3.23. The summed E-state index contributed by atoms with van der Waals surface area (Å²) in [5.74, 6) is -1.35. The molecule has 0 saturated heterocycles. The molecule has 1 rings (SSSR count). The summed E-state index contributed by atoms with van der Waals surface area (Å²) < 4.78 is 32.0. The van der Waals surface area contributed by atoms with Gasteiger partial charge in [0.15, 0.2) is 0 Å². The highest BCUT2D eigenvalue weighted by Gasteiger charge is 2.33. The number of esters is 1. The molecule has 0 bridgehead atoms. The largest absolute Gasteiger partial charge is 0.465 e. The molecule has 7 nitrogen and oxygen atoms in total. The second-order valence-electron chi connectivity index (χ2n) is 5.20. The van der Waals surface area contributed by atoms with E-state index < -0.39 is 27.4 Å². The van der Waals surface area contributed by atoms with Crippen molar-refractivity contribution in [1.29, 1.82) is 0 Å². The lowest BCUT2D eigenvalue weighted by Crippen LogP contribution is -2.46. The Morgan fingerprint density at radius 3 is 2.48 bits per heavy atom. The molecule has 0 aliphatic rings. The number of hydrogen-bond donors (Lipinski definition) is 2. The number of amides is 1. The van der Waals surface area contributed by atoms with E-state index in [2.05, 4.69) is 9.46 Å². The minimum Gasteiger partial charge on any atom is -0.465 e. The molecule has 1 aromatic heterocycles. The van der Waals surface area contributed by atoms with Crippen molar-refractivity contribution < 1.29 is 22.7 Å². The van der Waals surface area contributed by atoms with Crippen LogP contribution in [0.25, 0.3) is 0 Å². The van der Waals surface area contributed by atoms with Crippen LogP contribution in [0.5, 0.6) is 0 Å². The van der Waals surface area contributed by atoms with Crippen LogP contribution in [0.15, 0.2) is 10.3 Å². The third-order valence-corrected chi connectivity index (χ3v) is 5.68. The minimum atomic E-state index is -3.98. The van der Waals surface area contributed by atoms with Crippen molar-refractivity contribution in [2.75, 3.05) is 7.11 Å². The van der Waals surface area contributed by atoms with Gasteiger partial charge in [-0.25, -0.2) is 17.9 Å². The lowest BCUT2D eigenvalue weighted by Gasteiger charge is -2.24. The molecule has 1 amide bonds. The third kappa shape index (κ3) is 4.26. The van der Waals surface area contributed by atoms with Gasteiger partial charge in [0.2, 0.25) is 15.9 Å². The van der Waals surface area contributed by atoms with Gasteiger partial charge in [-0.15, -0.1) is 11.3 Å². The number of hydrogen-bond acceptors (Lipinski definition) is 6. The van der Waals surface area contributed by atoms with Crippen LogP contribution >= 0.6 is 11.3 Å². The van der Waals surface area contributed by atoms with E-state index in [9.17, 15) is 18.0 Å². The van der Waals surface area contributed by atoms with Crippen LogP contribution < -0.4 is 10.5 Å². The second-order valence-corrected chi connectivity index (χ2v) is 7.70. The summed E-state index contributed by atoms with van der Waals surface area (Å²) in [4.78, 5) is 22.5. The van der Waals surface area contributed by atoms with E-state index in [1.54, 1.807) is 12.3 Å². The molecule has 1 aromatic rings. The van der Waals surface area contributed by atoms with E-state index >= 15 is 0 Å². The van der Waals surface area contributed by atoms with E-state index in [0.717, 1.165) is 11.3 Å². The van der Waals surface area contributed by atoms with E-state index in [4.69, 9.17) is 5.73 Å². The molecule has 0 atom stereocenters. The molecule has 0 unspecified atom stereocenters. The highest BCUT2D eigenvalue weighted by Crippen LogP contribution is 2.28. The fourth-order valence-corrected chi connectivity index (χ4v) is 5.01. The number of ether oxygens (including phenoxy) is 1. The Kier molecular flexibility index (Phi) is 5.13. The lowest BCUT2D eigenvalue weighted by atomic mass is 10.0. The highest BCUT2D eigenvalue weighted by molar-refractivity contribution is 7.89. The quantitative estimate of drug-likeness (QED) is 0.746. The van der Waals surface area contributed by atoms with Gasteiger partial charge < -0.3 is 10.5 Å². The van der Waals surface area contributed by atoms with Crippen LogP contribution in [0.2, 0.25) is 0 Å². The molecular formula is C12H18N2O5S2. The summed E-state index contributed by atoms with van der Waals surface area (Å²) in [7, 11) is -2.81. The van der Waals surface area contributed by atoms with Gasteiger partial charge in [-0.05, 0) is 31.7 Å². The molecule has 118 valence electrons. The summed E-state index contributed by atoms with van der Waals surface area (Å²) in [5.41, 5.74) is 4.47. The molecule has 0 saturated carbocycles. The smallest absolute Gasteiger partial charge is 0.349 e. The summed E-state index contributed by atoms with van der Waals surface area (Å²) in [6.45, 7) is 4.66. The number of thiophene rings is 1. The number of nitrogens with two attached hydrogens (primary N) is 1. The first-order valence-electron chi connectivity index (χ1n) is 5.99. The Labute approximate surface area is 127 Å². The number of carbonyl (C=O) groups excluding carboxylic acids is 2. The molecule has 0 aliphatic heterocycles. The zero-order valence-corrected chi connectivity index (χ0v) is 13.9. The maximum atomic E-state index is 12.5. The van der Waals surface area contributed by atoms with Gasteiger partial charge in [0.05, 0.1) is 7.11 Å². The van der Waals surface area contributed by atoms with Crippen LogP contribution in [0.3, 0.4) is 0 Å². The molecule has 0 aliphatic carbocycles. The zero-order valence-electron chi connectivity index (χ0n) is 12.2. The number of aryl methyl sites for hydroxylation is 1. The highest BCUT2D eigenvalue weighted by atomic mass is 32.2. The molecular weight excluding hydrogens is 316 g/mol. The molecule has 0 fully saturated rings. The van der Waals surface area contributed by atoms with Gasteiger partial charge in [-0.3, -0.25) is 4.79 Å². The zero-order chi connectivity index (χ0) is 16.4. The van der Waals surface area contributed by atoms with Crippen LogP contribution in [-0.4, -0.2) is 32.9 Å². The SMILES string of the molecule is COC(=O)c1scc(C)c1S(=O)(=O)NC(C)(C)CC(N)=O. The van der Waals surface area contributed by atoms with E-state index in [1.807, 2.05) is 0 Å². The predicted molar refractivity (Wildman–Crippen MR) is 78.6 cm³/mol. The van der Waals surface area contributed by atoms with Crippen molar-refractivity contribution in [2.45, 2.75) is 37.6 Å². The Hall–Kier alpha value is -1.45. The standard InChI is InChI=1S/C12H18N2O5S2/c1-7-6-20-9(11(16)19-4)10(7)21(17,18)14-12(2,3)5-8(13)15/h6,14H,5H2,1-4H3,(H2,13,15). The molecule has 21 heavy (non-hydrogen) atoms. The van der Waals surface area contributed by atoms with Crippen LogP contribution in [0, 0.1) is 6.92 Å². The summed E-state index contributed by atoms with van der Waals surface area (Å²) >= 11 is 0.990. The molecule has 3 N–H and O–H groups in total. The van der Waals surface area contributed by atoms with Gasteiger partial charge in [0.1, 0.15) is 9.77 Å². The average molecular weight is 334 g/mol. The fraction of sp³-hybridized carbons (Fsp3) is 0.500. The summed E-state index contributed by atoms with van der Waals surface area (Å²) in [6, 6.07) is 0. The Morgan fingerprint density at radius 1 is 1.43 bits per heavy atom. The van der Waals surface area contributed by atoms with Crippen molar-refractivity contribution in [1.82, 2.24) is 4.72 Å². The molecule has 0 radical (unpaired) electrons. The topological polar surface area (TPSA) is 116 Å². The lowest BCUT2D eigenvalue weighted by molar-refractivity contribution is -0.119. The number of methoxy groups -OCH3 is 1. The maximum Gasteiger partial charge on any atom is 0.349 e. The first-order chi connectivity index (χ1) is 9.50. The Bertz CT molecular complexity index is 661. The van der Waals surface area contributed by atoms with Gasteiger partial charge in [0.25, 0.3) is 0 Å². The van der Waals surface area contributed by atoms with Crippen molar-refractivity contribution in [3.05, 3.63) is 15.8 Å². The van der Waals surface area contributed by atoms with Crippen molar-refractivity contribution >= 4 is 33.2 Å². The van der Waals surface area contributed by atoms with Crippen LogP contribution in [-0.2, 0) is 19.6 Å². The van der Waals surface area contributed by atoms with Crippen molar-refractivity contribution in [3.63, 3.8) is 0 Å². The molecule has 0 spiro atoms. The van der Waals surface area contributed by atoms with Crippen molar-refractivity contribution in [3.8, 4) is 0 Å². The predicted octanol–water partition coefficient (Wildman–Crippen LogP) is 0.775. The van der Waals surface area contributed by atoms with Crippen molar-refractivity contribution in [2.24, 2.45) is 5.73 Å². The third-order valence-electron chi connectivity index (χ3n) is 2.58. The Morgan fingerprint density at radius 2 is 2.00 bits per heavy atom. The number of primary amides is 1. The minimum absolute atomic E-state index is 0.00243. The van der Waals surface area contributed by atoms with E-state index in [0.29, 0.717) is 5.56 Å². The number of carbonyl (C=O) groups is 2. The van der Waals surface area contributed by atoms with Crippen LogP contribution in [0.4, 0.5) is 0 Å². The molecule has 1 heterocycles. The number of sulfonamides is 1. The van der Waals surface area contributed by atoms with Gasteiger partial charge in [0, 0.05) is 12.0 Å². The molecule has 9 heteroatoms. The van der Waals surface area contributed by atoms with E-state index in [-0.39, 0.29) is 16.2 Å².